The summed E-state index contributed by atoms with van der Waals surface area (Å²) < 4.78 is 6.68. The number of esters is 1. The number of nitrogens with zero attached hydrogens (tertiary/aromatic N) is 3. The number of ether oxygens (including phenoxy) is 1. The summed E-state index contributed by atoms with van der Waals surface area (Å²) in [5.41, 5.74) is -0.752. The fourth-order valence-electron chi connectivity index (χ4n) is 2.70. The molecule has 7 nitrogen and oxygen atoms in total. The topological polar surface area (TPSA) is 89.3 Å². The minimum atomic E-state index is -0.752. The molecule has 0 spiro atoms. The van der Waals surface area contributed by atoms with Crippen molar-refractivity contribution in [1.29, 1.82) is 0 Å². The monoisotopic (exact) mass is 296 g/mol. The first-order chi connectivity index (χ1) is 10.0. The third-order valence-electron chi connectivity index (χ3n) is 3.92. The van der Waals surface area contributed by atoms with Crippen molar-refractivity contribution in [3.63, 3.8) is 0 Å². The normalized spacial score (nSPS) is 25.8. The molecule has 1 fully saturated rings. The largest absolute Gasteiger partial charge is 0.466 e. The molecule has 1 saturated carbocycles. The Morgan fingerprint density at radius 2 is 2.29 bits per heavy atom. The van der Waals surface area contributed by atoms with Gasteiger partial charge in [0.25, 0.3) is 0 Å². The first kappa shape index (κ1) is 15.9. The van der Waals surface area contributed by atoms with Gasteiger partial charge < -0.3 is 15.2 Å². The third kappa shape index (κ3) is 4.50. The molecule has 7 heteroatoms. The average molecular weight is 296 g/mol. The van der Waals surface area contributed by atoms with Crippen LogP contribution in [-0.4, -0.2) is 44.6 Å². The molecule has 0 bridgehead atoms. The Morgan fingerprint density at radius 3 is 2.86 bits per heavy atom. The van der Waals surface area contributed by atoms with Crippen molar-refractivity contribution in [1.82, 2.24) is 20.1 Å². The fourth-order valence-corrected chi connectivity index (χ4v) is 2.70. The molecule has 0 atom stereocenters. The lowest BCUT2D eigenvalue weighted by Crippen LogP contribution is -2.44. The van der Waals surface area contributed by atoms with Crippen molar-refractivity contribution in [3.8, 4) is 0 Å². The van der Waals surface area contributed by atoms with Crippen molar-refractivity contribution in [2.75, 3.05) is 13.2 Å². The van der Waals surface area contributed by atoms with E-state index in [1.54, 1.807) is 11.0 Å². The zero-order chi connectivity index (χ0) is 15.3. The Kier molecular flexibility index (Phi) is 5.30. The Balaban J connectivity index is 1.73. The number of rotatable bonds is 6. The van der Waals surface area contributed by atoms with Gasteiger partial charge in [-0.2, -0.15) is 5.10 Å². The van der Waals surface area contributed by atoms with Crippen LogP contribution in [0.2, 0.25) is 0 Å². The van der Waals surface area contributed by atoms with Crippen molar-refractivity contribution in [2.24, 2.45) is 13.0 Å². The van der Waals surface area contributed by atoms with E-state index in [4.69, 9.17) is 4.74 Å². The lowest BCUT2D eigenvalue weighted by molar-refractivity contribution is -0.151. The van der Waals surface area contributed by atoms with E-state index >= 15 is 0 Å². The van der Waals surface area contributed by atoms with Crippen LogP contribution in [0.15, 0.2) is 6.33 Å². The van der Waals surface area contributed by atoms with Crippen LogP contribution in [0.25, 0.3) is 0 Å². The highest BCUT2D eigenvalue weighted by Gasteiger charge is 2.36. The van der Waals surface area contributed by atoms with E-state index in [1.165, 1.54) is 0 Å². The number of hydrogen-bond acceptors (Lipinski definition) is 6. The van der Waals surface area contributed by atoms with Gasteiger partial charge in [0.05, 0.1) is 24.7 Å². The zero-order valence-corrected chi connectivity index (χ0v) is 12.7. The molecule has 1 aliphatic carbocycles. The SMILES string of the molecule is CCOC(=O)C1CCC(O)(CNCc2ncn(C)n2)CC1. The van der Waals surface area contributed by atoms with E-state index in [9.17, 15) is 9.90 Å². The maximum Gasteiger partial charge on any atom is 0.308 e. The third-order valence-corrected chi connectivity index (χ3v) is 3.92. The van der Waals surface area contributed by atoms with Gasteiger partial charge in [-0.1, -0.05) is 0 Å². The van der Waals surface area contributed by atoms with Gasteiger partial charge in [0.15, 0.2) is 5.82 Å². The summed E-state index contributed by atoms with van der Waals surface area (Å²) in [6, 6.07) is 0. The molecule has 1 aromatic rings. The molecule has 2 rings (SSSR count). The van der Waals surface area contributed by atoms with Gasteiger partial charge in [-0.05, 0) is 32.6 Å². The maximum absolute atomic E-state index is 11.7. The molecule has 1 heterocycles. The van der Waals surface area contributed by atoms with E-state index < -0.39 is 5.60 Å². The lowest BCUT2D eigenvalue weighted by Gasteiger charge is -2.35. The van der Waals surface area contributed by atoms with Crippen LogP contribution < -0.4 is 5.32 Å². The molecule has 0 radical (unpaired) electrons. The second kappa shape index (κ2) is 7.00. The number of aromatic nitrogens is 3. The molecule has 0 unspecified atom stereocenters. The quantitative estimate of drug-likeness (QED) is 0.738. The summed E-state index contributed by atoms with van der Waals surface area (Å²) in [5.74, 6) is 0.509. The minimum absolute atomic E-state index is 0.0670. The molecular weight excluding hydrogens is 272 g/mol. The standard InChI is InChI=1S/C14H24N4O3/c1-3-21-13(19)11-4-6-14(20,7-5-11)9-15-8-12-16-10-18(2)17-12/h10-11,15,20H,3-9H2,1-2H3. The molecule has 0 amide bonds. The van der Waals surface area contributed by atoms with Gasteiger partial charge in [-0.3, -0.25) is 9.48 Å². The van der Waals surface area contributed by atoms with Gasteiger partial charge in [0.2, 0.25) is 0 Å². The van der Waals surface area contributed by atoms with Crippen LogP contribution in [0, 0.1) is 5.92 Å². The summed E-state index contributed by atoms with van der Waals surface area (Å²) in [5, 5.41) is 17.9. The molecule has 2 N–H and O–H groups in total. The van der Waals surface area contributed by atoms with E-state index in [0.29, 0.717) is 51.2 Å². The second-order valence-electron chi connectivity index (χ2n) is 5.69. The van der Waals surface area contributed by atoms with Crippen LogP contribution in [0.5, 0.6) is 0 Å². The number of aryl methyl sites for hydroxylation is 1. The van der Waals surface area contributed by atoms with E-state index in [1.807, 2.05) is 14.0 Å². The molecule has 1 aliphatic rings. The Labute approximate surface area is 124 Å². The fraction of sp³-hybridized carbons (Fsp3) is 0.786. The van der Waals surface area contributed by atoms with Crippen molar-refractivity contribution in [3.05, 3.63) is 12.2 Å². The van der Waals surface area contributed by atoms with Gasteiger partial charge in [0, 0.05) is 13.6 Å². The molecule has 0 saturated heterocycles. The second-order valence-corrected chi connectivity index (χ2v) is 5.69. The summed E-state index contributed by atoms with van der Waals surface area (Å²) in [6.07, 6.45) is 4.23. The highest BCUT2D eigenvalue weighted by molar-refractivity contribution is 5.72. The molecule has 1 aromatic heterocycles. The molecule has 21 heavy (non-hydrogen) atoms. The zero-order valence-electron chi connectivity index (χ0n) is 12.7. The van der Waals surface area contributed by atoms with E-state index in [2.05, 4.69) is 15.4 Å². The van der Waals surface area contributed by atoms with Crippen LogP contribution in [0.3, 0.4) is 0 Å². The average Bonchev–Trinajstić information content (AvgIpc) is 2.85. The van der Waals surface area contributed by atoms with E-state index in [0.717, 1.165) is 0 Å². The van der Waals surface area contributed by atoms with Crippen molar-refractivity contribution < 1.29 is 14.6 Å². The molecule has 0 aliphatic heterocycles. The smallest absolute Gasteiger partial charge is 0.308 e. The van der Waals surface area contributed by atoms with Gasteiger partial charge in [-0.25, -0.2) is 4.98 Å². The first-order valence-electron chi connectivity index (χ1n) is 7.46. The minimum Gasteiger partial charge on any atom is -0.466 e. The Morgan fingerprint density at radius 1 is 1.57 bits per heavy atom. The van der Waals surface area contributed by atoms with Gasteiger partial charge in [-0.15, -0.1) is 0 Å². The summed E-state index contributed by atoms with van der Waals surface area (Å²) in [4.78, 5) is 15.8. The number of nitrogens with one attached hydrogen (secondary N) is 1. The van der Waals surface area contributed by atoms with E-state index in [-0.39, 0.29) is 11.9 Å². The number of hydrogen-bond donors (Lipinski definition) is 2. The van der Waals surface area contributed by atoms with Crippen LogP contribution in [0.1, 0.15) is 38.4 Å². The summed E-state index contributed by atoms with van der Waals surface area (Å²) >= 11 is 0. The van der Waals surface area contributed by atoms with Crippen molar-refractivity contribution in [2.45, 2.75) is 44.8 Å². The highest BCUT2D eigenvalue weighted by atomic mass is 16.5. The number of carbonyl (C=O) groups is 1. The summed E-state index contributed by atoms with van der Waals surface area (Å²) in [6.45, 7) is 3.25. The van der Waals surface area contributed by atoms with Crippen molar-refractivity contribution >= 4 is 5.97 Å². The number of carbonyl (C=O) groups excluding carboxylic acids is 1. The van der Waals surface area contributed by atoms with Crippen LogP contribution in [0.4, 0.5) is 0 Å². The predicted octanol–water partition coefficient (Wildman–Crippen LogP) is 0.389. The Hall–Kier alpha value is -1.47. The van der Waals surface area contributed by atoms with Crippen LogP contribution >= 0.6 is 0 Å². The number of aliphatic hydroxyl groups is 1. The first-order valence-corrected chi connectivity index (χ1v) is 7.46. The van der Waals surface area contributed by atoms with Gasteiger partial charge in [0.1, 0.15) is 6.33 Å². The molecule has 118 valence electrons. The highest BCUT2D eigenvalue weighted by Crippen LogP contribution is 2.32. The predicted molar refractivity (Wildman–Crippen MR) is 76.3 cm³/mol. The maximum atomic E-state index is 11.7. The molecular formula is C14H24N4O3. The van der Waals surface area contributed by atoms with Gasteiger partial charge >= 0.3 is 5.97 Å². The molecule has 0 aromatic carbocycles. The summed E-state index contributed by atoms with van der Waals surface area (Å²) in [7, 11) is 1.82. The lowest BCUT2D eigenvalue weighted by atomic mass is 9.79. The Bertz CT molecular complexity index is 467. The van der Waals surface area contributed by atoms with Crippen LogP contribution in [-0.2, 0) is 23.1 Å².